The first-order valence-corrected chi connectivity index (χ1v) is 6.67. The molecule has 0 saturated heterocycles. The maximum absolute atomic E-state index is 5.61. The van der Waals surface area contributed by atoms with E-state index in [2.05, 4.69) is 33.8 Å². The summed E-state index contributed by atoms with van der Waals surface area (Å²) in [6, 6.07) is 8.55. The Bertz CT molecular complexity index is 525. The topological polar surface area (TPSA) is 43.8 Å². The Labute approximate surface area is 108 Å². The van der Waals surface area contributed by atoms with Gasteiger partial charge in [0.25, 0.3) is 0 Å². The molecule has 3 heteroatoms. The molecular formula is C15H19N3. The van der Waals surface area contributed by atoms with Gasteiger partial charge in [0.05, 0.1) is 12.0 Å². The molecule has 1 aliphatic rings. The molecule has 0 unspecified atom stereocenters. The summed E-state index contributed by atoms with van der Waals surface area (Å²) in [7, 11) is 0. The lowest BCUT2D eigenvalue weighted by Gasteiger charge is -2.14. The van der Waals surface area contributed by atoms with Crippen molar-refractivity contribution in [3.63, 3.8) is 0 Å². The van der Waals surface area contributed by atoms with E-state index in [-0.39, 0.29) is 0 Å². The Kier molecular flexibility index (Phi) is 3.15. The van der Waals surface area contributed by atoms with E-state index in [9.17, 15) is 0 Å². The van der Waals surface area contributed by atoms with E-state index >= 15 is 0 Å². The van der Waals surface area contributed by atoms with Gasteiger partial charge in [0.15, 0.2) is 0 Å². The molecule has 1 aromatic heterocycles. The second-order valence-electron chi connectivity index (χ2n) is 4.99. The SMILES string of the molecule is NCc1ccc(Cn2cnc3c2CCCC3)cc1. The van der Waals surface area contributed by atoms with Crippen molar-refractivity contribution in [1.29, 1.82) is 0 Å². The lowest BCUT2D eigenvalue weighted by Crippen LogP contribution is -2.09. The summed E-state index contributed by atoms with van der Waals surface area (Å²) in [4.78, 5) is 4.53. The first-order valence-electron chi connectivity index (χ1n) is 6.67. The molecule has 0 amide bonds. The summed E-state index contributed by atoms with van der Waals surface area (Å²) in [5, 5.41) is 0. The zero-order chi connectivity index (χ0) is 12.4. The van der Waals surface area contributed by atoms with Gasteiger partial charge in [-0.2, -0.15) is 0 Å². The molecule has 0 aliphatic heterocycles. The number of nitrogens with two attached hydrogens (primary N) is 1. The van der Waals surface area contributed by atoms with E-state index in [0.717, 1.165) is 13.0 Å². The Balaban J connectivity index is 1.81. The van der Waals surface area contributed by atoms with Crippen molar-refractivity contribution in [2.45, 2.75) is 38.8 Å². The van der Waals surface area contributed by atoms with E-state index < -0.39 is 0 Å². The third-order valence-electron chi connectivity index (χ3n) is 3.72. The highest BCUT2D eigenvalue weighted by atomic mass is 15.1. The highest BCUT2D eigenvalue weighted by molar-refractivity contribution is 5.24. The molecule has 94 valence electrons. The smallest absolute Gasteiger partial charge is 0.0954 e. The molecule has 1 aliphatic carbocycles. The van der Waals surface area contributed by atoms with Gasteiger partial charge in [0, 0.05) is 18.8 Å². The minimum atomic E-state index is 0.612. The van der Waals surface area contributed by atoms with Crippen LogP contribution in [0.1, 0.15) is 35.4 Å². The predicted octanol–water partition coefficient (Wildman–Crippen LogP) is 2.27. The Morgan fingerprint density at radius 2 is 1.78 bits per heavy atom. The van der Waals surface area contributed by atoms with E-state index in [1.54, 1.807) is 0 Å². The van der Waals surface area contributed by atoms with E-state index in [1.807, 2.05) is 6.33 Å². The molecule has 0 fully saturated rings. The molecule has 2 aromatic rings. The molecular weight excluding hydrogens is 222 g/mol. The average Bonchev–Trinajstić information content (AvgIpc) is 2.83. The Morgan fingerprint density at radius 3 is 2.56 bits per heavy atom. The summed E-state index contributed by atoms with van der Waals surface area (Å²) >= 11 is 0. The van der Waals surface area contributed by atoms with Gasteiger partial charge in [0.1, 0.15) is 0 Å². The van der Waals surface area contributed by atoms with Crippen molar-refractivity contribution in [1.82, 2.24) is 9.55 Å². The summed E-state index contributed by atoms with van der Waals surface area (Å²) in [5.41, 5.74) is 10.9. The third kappa shape index (κ3) is 2.18. The van der Waals surface area contributed by atoms with Crippen LogP contribution in [0.15, 0.2) is 30.6 Å². The first kappa shape index (κ1) is 11.5. The van der Waals surface area contributed by atoms with Gasteiger partial charge in [-0.1, -0.05) is 24.3 Å². The van der Waals surface area contributed by atoms with Gasteiger partial charge in [0.2, 0.25) is 0 Å². The van der Waals surface area contributed by atoms with Crippen LogP contribution in [0.3, 0.4) is 0 Å². The summed E-state index contributed by atoms with van der Waals surface area (Å²) < 4.78 is 2.30. The Hall–Kier alpha value is -1.61. The largest absolute Gasteiger partial charge is 0.330 e. The second-order valence-corrected chi connectivity index (χ2v) is 4.99. The van der Waals surface area contributed by atoms with E-state index in [4.69, 9.17) is 5.73 Å². The van der Waals surface area contributed by atoms with Gasteiger partial charge in [-0.25, -0.2) is 4.98 Å². The second kappa shape index (κ2) is 4.94. The van der Waals surface area contributed by atoms with E-state index in [0.29, 0.717) is 6.54 Å². The zero-order valence-electron chi connectivity index (χ0n) is 10.6. The van der Waals surface area contributed by atoms with Crippen LogP contribution in [-0.2, 0) is 25.9 Å². The molecule has 0 spiro atoms. The summed E-state index contributed by atoms with van der Waals surface area (Å²) in [5.74, 6) is 0. The molecule has 3 rings (SSSR count). The fourth-order valence-corrected chi connectivity index (χ4v) is 2.64. The number of rotatable bonds is 3. The maximum Gasteiger partial charge on any atom is 0.0954 e. The van der Waals surface area contributed by atoms with Crippen molar-refractivity contribution in [2.24, 2.45) is 5.73 Å². The normalized spacial score (nSPS) is 14.5. The summed E-state index contributed by atoms with van der Waals surface area (Å²) in [6.45, 7) is 1.54. The molecule has 0 saturated carbocycles. The van der Waals surface area contributed by atoms with Crippen LogP contribution in [0, 0.1) is 0 Å². The fourth-order valence-electron chi connectivity index (χ4n) is 2.64. The number of nitrogens with zero attached hydrogens (tertiary/aromatic N) is 2. The highest BCUT2D eigenvalue weighted by Gasteiger charge is 2.14. The molecule has 3 nitrogen and oxygen atoms in total. The van der Waals surface area contributed by atoms with Gasteiger partial charge in [-0.15, -0.1) is 0 Å². The minimum Gasteiger partial charge on any atom is -0.330 e. The third-order valence-corrected chi connectivity index (χ3v) is 3.72. The monoisotopic (exact) mass is 241 g/mol. The number of imidazole rings is 1. The molecule has 2 N–H and O–H groups in total. The highest BCUT2D eigenvalue weighted by Crippen LogP contribution is 2.20. The lowest BCUT2D eigenvalue weighted by molar-refractivity contribution is 0.628. The van der Waals surface area contributed by atoms with Gasteiger partial charge < -0.3 is 10.3 Å². The fraction of sp³-hybridized carbons (Fsp3) is 0.400. The maximum atomic E-state index is 5.61. The van der Waals surface area contributed by atoms with Gasteiger partial charge >= 0.3 is 0 Å². The standard InChI is InChI=1S/C15H19N3/c16-9-12-5-7-13(8-6-12)10-18-11-17-14-3-1-2-4-15(14)18/h5-8,11H,1-4,9-10,16H2. The van der Waals surface area contributed by atoms with Crippen molar-refractivity contribution < 1.29 is 0 Å². The Morgan fingerprint density at radius 1 is 1.06 bits per heavy atom. The van der Waals surface area contributed by atoms with Crippen LogP contribution in [-0.4, -0.2) is 9.55 Å². The van der Waals surface area contributed by atoms with Crippen molar-refractivity contribution in [3.05, 3.63) is 53.1 Å². The molecule has 1 heterocycles. The van der Waals surface area contributed by atoms with Crippen LogP contribution in [0.2, 0.25) is 0 Å². The minimum absolute atomic E-state index is 0.612. The number of fused-ring (bicyclic) bond motifs is 1. The number of benzene rings is 1. The number of hydrogen-bond acceptors (Lipinski definition) is 2. The van der Waals surface area contributed by atoms with Crippen LogP contribution in [0.25, 0.3) is 0 Å². The molecule has 1 aromatic carbocycles. The van der Waals surface area contributed by atoms with Gasteiger partial charge in [-0.05, 0) is 36.8 Å². The lowest BCUT2D eigenvalue weighted by atomic mass is 10.0. The molecule has 0 radical (unpaired) electrons. The van der Waals surface area contributed by atoms with Crippen LogP contribution >= 0.6 is 0 Å². The van der Waals surface area contributed by atoms with Crippen LogP contribution < -0.4 is 5.73 Å². The summed E-state index contributed by atoms with van der Waals surface area (Å²) in [6.07, 6.45) is 6.90. The first-order chi connectivity index (χ1) is 8.86. The average molecular weight is 241 g/mol. The molecule has 0 bridgehead atoms. The van der Waals surface area contributed by atoms with Gasteiger partial charge in [-0.3, -0.25) is 0 Å². The molecule has 18 heavy (non-hydrogen) atoms. The number of hydrogen-bond donors (Lipinski definition) is 1. The molecule has 0 atom stereocenters. The zero-order valence-corrected chi connectivity index (χ0v) is 10.6. The quantitative estimate of drug-likeness (QED) is 0.896. The van der Waals surface area contributed by atoms with Crippen LogP contribution in [0.4, 0.5) is 0 Å². The number of aryl methyl sites for hydroxylation is 1. The van der Waals surface area contributed by atoms with Crippen molar-refractivity contribution in [2.75, 3.05) is 0 Å². The van der Waals surface area contributed by atoms with E-state index in [1.165, 1.54) is 41.8 Å². The number of aromatic nitrogens is 2. The van der Waals surface area contributed by atoms with Crippen molar-refractivity contribution in [3.8, 4) is 0 Å². The predicted molar refractivity (Wildman–Crippen MR) is 72.3 cm³/mol. The van der Waals surface area contributed by atoms with Crippen LogP contribution in [0.5, 0.6) is 0 Å². The van der Waals surface area contributed by atoms with Crippen molar-refractivity contribution >= 4 is 0 Å².